The van der Waals surface area contributed by atoms with Crippen molar-refractivity contribution in [3.05, 3.63) is 0 Å². The summed E-state index contributed by atoms with van der Waals surface area (Å²) in [6.45, 7) is -0.201. The lowest BCUT2D eigenvalue weighted by Crippen LogP contribution is -2.30. The quantitative estimate of drug-likeness (QED) is 0.436. The Morgan fingerprint density at radius 1 is 1.57 bits per heavy atom. The fourth-order valence-corrected chi connectivity index (χ4v) is 0.163. The fraction of sp³-hybridized carbons (Fsp3) is 1.00. The maximum Gasteiger partial charge on any atom is 0.130 e. The molecule has 3 nitrogen and oxygen atoms in total. The first-order valence-corrected chi connectivity index (χ1v) is 2.14. The van der Waals surface area contributed by atoms with Crippen LogP contribution in [0, 0.1) is 0 Å². The van der Waals surface area contributed by atoms with Crippen LogP contribution in [0.15, 0.2) is 0 Å². The van der Waals surface area contributed by atoms with Crippen LogP contribution >= 0.6 is 0 Å². The number of aliphatic hydroxyl groups excluding tert-OH is 2. The normalized spacial score (nSPS) is 15.0. The van der Waals surface area contributed by atoms with Crippen molar-refractivity contribution >= 4 is 0 Å². The molecule has 0 spiro atoms. The van der Waals surface area contributed by atoms with Crippen molar-refractivity contribution in [1.82, 2.24) is 4.90 Å². The largest absolute Gasteiger partial charge is 0.392 e. The third-order valence-corrected chi connectivity index (χ3v) is 0.759. The molecule has 0 saturated carbocycles. The monoisotopic (exact) mass is 105 g/mol. The molecule has 7 heavy (non-hydrogen) atoms. The minimum absolute atomic E-state index is 0.201. The molecule has 0 aromatic rings. The van der Waals surface area contributed by atoms with Gasteiger partial charge in [0.1, 0.15) is 6.23 Å². The average Bonchev–Trinajstić information content (AvgIpc) is 1.65. The van der Waals surface area contributed by atoms with Gasteiger partial charge in [0.25, 0.3) is 0 Å². The van der Waals surface area contributed by atoms with Gasteiger partial charge in [0, 0.05) is 0 Å². The standard InChI is InChI=1S/C4H11NO2/c1-5(2)4(7)3-6/h4,6-7H,3H2,1-2H3. The van der Waals surface area contributed by atoms with Crippen LogP contribution in [0.5, 0.6) is 0 Å². The Bertz CT molecular complexity index is 47.0. The van der Waals surface area contributed by atoms with Crippen molar-refractivity contribution in [3.63, 3.8) is 0 Å². The SMILES string of the molecule is CN(C)C(O)CO. The summed E-state index contributed by atoms with van der Waals surface area (Å²) in [5.74, 6) is 0. The van der Waals surface area contributed by atoms with Crippen LogP contribution in [-0.4, -0.2) is 42.0 Å². The Kier molecular flexibility index (Phi) is 2.91. The molecule has 0 aliphatic rings. The summed E-state index contributed by atoms with van der Waals surface area (Å²) in [6, 6.07) is 0. The topological polar surface area (TPSA) is 43.7 Å². The molecule has 2 N–H and O–H groups in total. The van der Waals surface area contributed by atoms with Crippen molar-refractivity contribution < 1.29 is 10.2 Å². The summed E-state index contributed by atoms with van der Waals surface area (Å²) in [4.78, 5) is 1.53. The Morgan fingerprint density at radius 3 is 2.00 bits per heavy atom. The molecule has 0 rings (SSSR count). The fourth-order valence-electron chi connectivity index (χ4n) is 0.163. The third-order valence-electron chi connectivity index (χ3n) is 0.759. The van der Waals surface area contributed by atoms with Crippen molar-refractivity contribution in [2.75, 3.05) is 20.7 Å². The van der Waals surface area contributed by atoms with Crippen LogP contribution in [0.25, 0.3) is 0 Å². The number of hydrogen-bond acceptors (Lipinski definition) is 3. The summed E-state index contributed by atoms with van der Waals surface area (Å²) >= 11 is 0. The van der Waals surface area contributed by atoms with E-state index in [0.717, 1.165) is 0 Å². The van der Waals surface area contributed by atoms with Crippen LogP contribution in [0.4, 0.5) is 0 Å². The zero-order chi connectivity index (χ0) is 5.86. The maximum atomic E-state index is 8.61. The van der Waals surface area contributed by atoms with E-state index in [2.05, 4.69) is 0 Å². The Labute approximate surface area is 43.2 Å². The van der Waals surface area contributed by atoms with Crippen molar-refractivity contribution in [2.24, 2.45) is 0 Å². The molecule has 0 aromatic heterocycles. The van der Waals surface area contributed by atoms with E-state index >= 15 is 0 Å². The van der Waals surface area contributed by atoms with Gasteiger partial charge in [-0.15, -0.1) is 0 Å². The molecule has 0 amide bonds. The number of aliphatic hydroxyl groups is 2. The van der Waals surface area contributed by atoms with Crippen molar-refractivity contribution in [2.45, 2.75) is 6.23 Å². The van der Waals surface area contributed by atoms with E-state index in [-0.39, 0.29) is 6.61 Å². The number of nitrogens with zero attached hydrogens (tertiary/aromatic N) is 1. The summed E-state index contributed by atoms with van der Waals surface area (Å²) in [5.41, 5.74) is 0. The predicted molar refractivity (Wildman–Crippen MR) is 26.8 cm³/mol. The lowest BCUT2D eigenvalue weighted by Gasteiger charge is -2.14. The molecule has 0 aromatic carbocycles. The van der Waals surface area contributed by atoms with Crippen LogP contribution in [-0.2, 0) is 0 Å². The Hall–Kier alpha value is -0.120. The summed E-state index contributed by atoms with van der Waals surface area (Å²) in [6.07, 6.45) is -0.708. The predicted octanol–water partition coefficient (Wildman–Crippen LogP) is -1.14. The molecule has 0 radical (unpaired) electrons. The zero-order valence-corrected chi connectivity index (χ0v) is 4.63. The molecular formula is C4H11NO2. The van der Waals surface area contributed by atoms with Gasteiger partial charge in [-0.25, -0.2) is 0 Å². The molecule has 0 aliphatic heterocycles. The minimum Gasteiger partial charge on any atom is -0.392 e. The van der Waals surface area contributed by atoms with E-state index in [9.17, 15) is 0 Å². The van der Waals surface area contributed by atoms with Gasteiger partial charge in [-0.2, -0.15) is 0 Å². The number of rotatable bonds is 2. The van der Waals surface area contributed by atoms with Crippen molar-refractivity contribution in [1.29, 1.82) is 0 Å². The van der Waals surface area contributed by atoms with Crippen LogP contribution in [0.3, 0.4) is 0 Å². The average molecular weight is 105 g/mol. The first-order valence-electron chi connectivity index (χ1n) is 2.14. The second-order valence-corrected chi connectivity index (χ2v) is 1.63. The van der Waals surface area contributed by atoms with E-state index in [0.29, 0.717) is 0 Å². The highest BCUT2D eigenvalue weighted by Crippen LogP contribution is 1.81. The van der Waals surface area contributed by atoms with Gasteiger partial charge in [0.15, 0.2) is 0 Å². The molecule has 0 heterocycles. The van der Waals surface area contributed by atoms with Gasteiger partial charge in [-0.3, -0.25) is 4.90 Å². The Morgan fingerprint density at radius 2 is 2.00 bits per heavy atom. The minimum atomic E-state index is -0.708. The van der Waals surface area contributed by atoms with E-state index in [4.69, 9.17) is 10.2 Å². The first kappa shape index (κ1) is 6.88. The Balaban J connectivity index is 3.14. The second-order valence-electron chi connectivity index (χ2n) is 1.63. The molecule has 0 fully saturated rings. The van der Waals surface area contributed by atoms with E-state index in [1.807, 2.05) is 0 Å². The second kappa shape index (κ2) is 2.96. The lowest BCUT2D eigenvalue weighted by molar-refractivity contribution is -0.00626. The van der Waals surface area contributed by atoms with E-state index in [1.54, 1.807) is 14.1 Å². The molecule has 0 aliphatic carbocycles. The number of hydrogen-bond donors (Lipinski definition) is 2. The lowest BCUT2D eigenvalue weighted by atomic mass is 10.6. The first-order chi connectivity index (χ1) is 3.18. The molecule has 0 bridgehead atoms. The van der Waals surface area contributed by atoms with Gasteiger partial charge in [0.2, 0.25) is 0 Å². The highest BCUT2D eigenvalue weighted by molar-refractivity contribution is 4.44. The van der Waals surface area contributed by atoms with E-state index in [1.165, 1.54) is 4.90 Å². The van der Waals surface area contributed by atoms with E-state index < -0.39 is 6.23 Å². The summed E-state index contributed by atoms with van der Waals surface area (Å²) < 4.78 is 0. The zero-order valence-electron chi connectivity index (χ0n) is 4.63. The van der Waals surface area contributed by atoms with Gasteiger partial charge in [0.05, 0.1) is 6.61 Å². The van der Waals surface area contributed by atoms with Crippen LogP contribution in [0.1, 0.15) is 0 Å². The summed E-state index contributed by atoms with van der Waals surface area (Å²) in [7, 11) is 3.39. The van der Waals surface area contributed by atoms with Gasteiger partial charge in [-0.05, 0) is 14.1 Å². The molecule has 44 valence electrons. The van der Waals surface area contributed by atoms with Crippen molar-refractivity contribution in [3.8, 4) is 0 Å². The molecular weight excluding hydrogens is 94.0 g/mol. The highest BCUT2D eigenvalue weighted by atomic mass is 16.3. The van der Waals surface area contributed by atoms with Gasteiger partial charge < -0.3 is 10.2 Å². The summed E-state index contributed by atoms with van der Waals surface area (Å²) in [5, 5.41) is 16.8. The molecule has 0 saturated heterocycles. The van der Waals surface area contributed by atoms with Gasteiger partial charge in [-0.1, -0.05) is 0 Å². The third kappa shape index (κ3) is 2.56. The van der Waals surface area contributed by atoms with Crippen LogP contribution < -0.4 is 0 Å². The molecule has 3 heteroatoms. The van der Waals surface area contributed by atoms with Gasteiger partial charge >= 0.3 is 0 Å². The molecule has 1 unspecified atom stereocenters. The van der Waals surface area contributed by atoms with Crippen LogP contribution in [0.2, 0.25) is 0 Å². The highest BCUT2D eigenvalue weighted by Gasteiger charge is 2.00. The smallest absolute Gasteiger partial charge is 0.130 e. The number of likely N-dealkylation sites (N-methyl/N-ethyl adjacent to an activating group) is 1. The molecule has 1 atom stereocenters. The maximum absolute atomic E-state index is 8.61.